The molecule has 0 spiro atoms. The van der Waals surface area contributed by atoms with Gasteiger partial charge in [-0.3, -0.25) is 9.59 Å². The summed E-state index contributed by atoms with van der Waals surface area (Å²) in [6.07, 6.45) is 0.0652. The Morgan fingerprint density at radius 3 is 1.86 bits per heavy atom. The van der Waals surface area contributed by atoms with Gasteiger partial charge in [0.25, 0.3) is 0 Å². The summed E-state index contributed by atoms with van der Waals surface area (Å²) in [5.74, 6) is -0.165. The van der Waals surface area contributed by atoms with Gasteiger partial charge in [0.2, 0.25) is 11.8 Å². The average Bonchev–Trinajstić information content (AvgIpc) is 2.84. The molecule has 7 heteroatoms. The van der Waals surface area contributed by atoms with Crippen LogP contribution in [0.15, 0.2) is 84.9 Å². The Kier molecular flexibility index (Phi) is 9.42. The lowest BCUT2D eigenvalue weighted by atomic mass is 10.1. The van der Waals surface area contributed by atoms with Crippen LogP contribution in [0.2, 0.25) is 0 Å². The molecular formula is C28H31N3O4. The summed E-state index contributed by atoms with van der Waals surface area (Å²) in [5.41, 5.74) is 2.96. The maximum atomic E-state index is 13.1. The summed E-state index contributed by atoms with van der Waals surface area (Å²) in [6.45, 7) is 4.07. The molecule has 3 aromatic carbocycles. The first kappa shape index (κ1) is 25.5. The highest BCUT2D eigenvalue weighted by atomic mass is 16.5. The molecule has 0 aliphatic carbocycles. The lowest BCUT2D eigenvalue weighted by Crippen LogP contribution is -2.45. The molecule has 182 valence electrons. The van der Waals surface area contributed by atoms with Crippen LogP contribution in [0.4, 0.5) is 16.2 Å². The maximum absolute atomic E-state index is 13.1. The van der Waals surface area contributed by atoms with Gasteiger partial charge in [0, 0.05) is 24.2 Å². The molecule has 0 bridgehead atoms. The highest BCUT2D eigenvalue weighted by molar-refractivity contribution is 5.97. The number of carbonyl (C=O) groups excluding carboxylic acids is 3. The van der Waals surface area contributed by atoms with Gasteiger partial charge in [0.1, 0.15) is 12.6 Å². The van der Waals surface area contributed by atoms with Gasteiger partial charge in [-0.2, -0.15) is 0 Å². The van der Waals surface area contributed by atoms with Crippen LogP contribution in [-0.4, -0.2) is 23.9 Å². The van der Waals surface area contributed by atoms with Crippen molar-refractivity contribution < 1.29 is 19.1 Å². The van der Waals surface area contributed by atoms with Gasteiger partial charge in [0.15, 0.2) is 0 Å². The predicted molar refractivity (Wildman–Crippen MR) is 137 cm³/mol. The topological polar surface area (TPSA) is 96.5 Å². The van der Waals surface area contributed by atoms with Crippen LogP contribution in [0.3, 0.4) is 0 Å². The second kappa shape index (κ2) is 12.9. The Hall–Kier alpha value is -4.13. The molecule has 0 aliphatic heterocycles. The van der Waals surface area contributed by atoms with Gasteiger partial charge >= 0.3 is 6.09 Å². The van der Waals surface area contributed by atoms with Crippen molar-refractivity contribution in [1.82, 2.24) is 5.32 Å². The molecule has 0 heterocycles. The largest absolute Gasteiger partial charge is 0.445 e. The summed E-state index contributed by atoms with van der Waals surface area (Å²) in [7, 11) is 0. The smallest absolute Gasteiger partial charge is 0.408 e. The fourth-order valence-corrected chi connectivity index (χ4v) is 3.42. The van der Waals surface area contributed by atoms with Gasteiger partial charge < -0.3 is 20.7 Å². The normalized spacial score (nSPS) is 11.4. The van der Waals surface area contributed by atoms with Crippen LogP contribution in [0.1, 0.15) is 31.4 Å². The summed E-state index contributed by atoms with van der Waals surface area (Å²) in [5, 5.41) is 8.35. The molecule has 3 rings (SSSR count). The SMILES string of the molecule is CC(C)CC(=O)Nc1ccc(NC(=O)[C@H](Cc2ccccc2)NC(=O)OCc2ccccc2)cc1. The zero-order valence-corrected chi connectivity index (χ0v) is 20.0. The zero-order valence-electron chi connectivity index (χ0n) is 20.0. The zero-order chi connectivity index (χ0) is 25.0. The van der Waals surface area contributed by atoms with Crippen molar-refractivity contribution >= 4 is 29.3 Å². The first-order chi connectivity index (χ1) is 16.9. The summed E-state index contributed by atoms with van der Waals surface area (Å²) in [6, 6.07) is 24.8. The molecular weight excluding hydrogens is 442 g/mol. The summed E-state index contributed by atoms with van der Waals surface area (Å²) < 4.78 is 5.31. The van der Waals surface area contributed by atoms with E-state index in [0.29, 0.717) is 24.2 Å². The van der Waals surface area contributed by atoms with Crippen molar-refractivity contribution in [1.29, 1.82) is 0 Å². The highest BCUT2D eigenvalue weighted by Crippen LogP contribution is 2.16. The highest BCUT2D eigenvalue weighted by Gasteiger charge is 2.22. The molecule has 0 unspecified atom stereocenters. The van der Waals surface area contributed by atoms with Crippen molar-refractivity contribution in [2.24, 2.45) is 5.92 Å². The number of amides is 3. The van der Waals surface area contributed by atoms with Gasteiger partial charge in [-0.25, -0.2) is 4.79 Å². The fourth-order valence-electron chi connectivity index (χ4n) is 3.42. The molecule has 3 aromatic rings. The number of benzene rings is 3. The maximum Gasteiger partial charge on any atom is 0.408 e. The number of carbonyl (C=O) groups is 3. The van der Waals surface area contributed by atoms with Crippen molar-refractivity contribution in [3.8, 4) is 0 Å². The molecule has 0 aromatic heterocycles. The van der Waals surface area contributed by atoms with Gasteiger partial charge in [-0.1, -0.05) is 74.5 Å². The van der Waals surface area contributed by atoms with Crippen LogP contribution < -0.4 is 16.0 Å². The molecule has 35 heavy (non-hydrogen) atoms. The predicted octanol–water partition coefficient (Wildman–Crippen LogP) is 5.15. The number of anilines is 2. The Balaban J connectivity index is 1.62. The van der Waals surface area contributed by atoms with E-state index in [9.17, 15) is 14.4 Å². The number of alkyl carbamates (subject to hydrolysis) is 1. The monoisotopic (exact) mass is 473 g/mol. The molecule has 0 aliphatic rings. The van der Waals surface area contributed by atoms with Crippen LogP contribution >= 0.6 is 0 Å². The van der Waals surface area contributed by atoms with E-state index in [1.807, 2.05) is 74.5 Å². The molecule has 0 radical (unpaired) electrons. The van der Waals surface area contributed by atoms with Crippen LogP contribution in [0, 0.1) is 5.92 Å². The lowest BCUT2D eigenvalue weighted by Gasteiger charge is -2.19. The lowest BCUT2D eigenvalue weighted by molar-refractivity contribution is -0.118. The van der Waals surface area contributed by atoms with Crippen molar-refractivity contribution in [3.63, 3.8) is 0 Å². The van der Waals surface area contributed by atoms with E-state index in [-0.39, 0.29) is 24.3 Å². The molecule has 0 saturated carbocycles. The number of rotatable bonds is 10. The van der Waals surface area contributed by atoms with Crippen LogP contribution in [0.25, 0.3) is 0 Å². The standard InChI is InChI=1S/C28H31N3O4/c1-20(2)17-26(32)29-23-13-15-24(16-14-23)30-27(33)25(18-21-9-5-3-6-10-21)31-28(34)35-19-22-11-7-4-8-12-22/h3-16,20,25H,17-19H2,1-2H3,(H,29,32)(H,30,33)(H,31,34)/t25-/m0/s1. The fraction of sp³-hybridized carbons (Fsp3) is 0.250. The molecule has 1 atom stereocenters. The molecule has 0 fully saturated rings. The van der Waals surface area contributed by atoms with Gasteiger partial charge in [-0.05, 0) is 41.3 Å². The van der Waals surface area contributed by atoms with E-state index >= 15 is 0 Å². The first-order valence-corrected chi connectivity index (χ1v) is 11.6. The van der Waals surface area contributed by atoms with Crippen molar-refractivity contribution in [2.45, 2.75) is 39.3 Å². The minimum absolute atomic E-state index is 0.0575. The van der Waals surface area contributed by atoms with Gasteiger partial charge in [0.05, 0.1) is 0 Å². The van der Waals surface area contributed by atoms with E-state index in [4.69, 9.17) is 4.74 Å². The average molecular weight is 474 g/mol. The van der Waals surface area contributed by atoms with E-state index < -0.39 is 12.1 Å². The Morgan fingerprint density at radius 1 is 0.743 bits per heavy atom. The molecule has 3 N–H and O–H groups in total. The Bertz CT molecular complexity index is 1100. The summed E-state index contributed by atoms with van der Waals surface area (Å²) >= 11 is 0. The number of hydrogen-bond acceptors (Lipinski definition) is 4. The molecule has 3 amide bonds. The quantitative estimate of drug-likeness (QED) is 0.380. The van der Waals surface area contributed by atoms with E-state index in [2.05, 4.69) is 16.0 Å². The third-order valence-electron chi connectivity index (χ3n) is 5.13. The number of hydrogen-bond donors (Lipinski definition) is 3. The minimum Gasteiger partial charge on any atom is -0.445 e. The molecule has 0 saturated heterocycles. The third kappa shape index (κ3) is 8.97. The molecule has 7 nitrogen and oxygen atoms in total. The minimum atomic E-state index is -0.842. The first-order valence-electron chi connectivity index (χ1n) is 11.6. The Morgan fingerprint density at radius 2 is 1.29 bits per heavy atom. The number of ether oxygens (including phenoxy) is 1. The second-order valence-electron chi connectivity index (χ2n) is 8.66. The Labute approximate surface area is 205 Å². The van der Waals surface area contributed by atoms with E-state index in [1.165, 1.54) is 0 Å². The number of nitrogens with one attached hydrogen (secondary N) is 3. The van der Waals surface area contributed by atoms with Crippen LogP contribution in [0.5, 0.6) is 0 Å². The van der Waals surface area contributed by atoms with E-state index in [0.717, 1.165) is 11.1 Å². The van der Waals surface area contributed by atoms with E-state index in [1.54, 1.807) is 24.3 Å². The third-order valence-corrected chi connectivity index (χ3v) is 5.13. The van der Waals surface area contributed by atoms with Crippen LogP contribution in [-0.2, 0) is 27.4 Å². The van der Waals surface area contributed by atoms with Gasteiger partial charge in [-0.15, -0.1) is 0 Å². The van der Waals surface area contributed by atoms with Crippen molar-refractivity contribution in [3.05, 3.63) is 96.1 Å². The second-order valence-corrected chi connectivity index (χ2v) is 8.66. The summed E-state index contributed by atoms with van der Waals surface area (Å²) in [4.78, 5) is 37.5. The van der Waals surface area contributed by atoms with Crippen molar-refractivity contribution in [2.75, 3.05) is 10.6 Å².